The highest BCUT2D eigenvalue weighted by Gasteiger charge is 2.31. The Bertz CT molecular complexity index is 210. The van der Waals surface area contributed by atoms with E-state index in [1.165, 1.54) is 51.9 Å². The molecule has 0 aromatic carbocycles. The second kappa shape index (κ2) is 6.72. The Hall–Kier alpha value is -0.120. The quantitative estimate of drug-likeness (QED) is 0.733. The van der Waals surface area contributed by atoms with Crippen molar-refractivity contribution in [2.24, 2.45) is 11.8 Å². The molecular formula is C14H28N2O. The second-order valence-electron chi connectivity index (χ2n) is 5.69. The van der Waals surface area contributed by atoms with Crippen LogP contribution in [0, 0.1) is 11.8 Å². The van der Waals surface area contributed by atoms with Crippen molar-refractivity contribution in [1.29, 1.82) is 0 Å². The third kappa shape index (κ3) is 4.23. The Labute approximate surface area is 106 Å². The van der Waals surface area contributed by atoms with E-state index in [4.69, 9.17) is 4.74 Å². The molecule has 0 spiro atoms. The molecule has 3 heteroatoms. The summed E-state index contributed by atoms with van der Waals surface area (Å²) in [6.45, 7) is 8.15. The maximum atomic E-state index is 5.31. The first-order valence-electron chi connectivity index (χ1n) is 7.28. The molecule has 1 aliphatic heterocycles. The summed E-state index contributed by atoms with van der Waals surface area (Å²) in [5, 5.41) is 3.74. The molecule has 1 heterocycles. The molecule has 3 nitrogen and oxygen atoms in total. The molecule has 1 atom stereocenters. The van der Waals surface area contributed by atoms with Gasteiger partial charge in [-0.1, -0.05) is 6.92 Å². The molecule has 0 amide bonds. The van der Waals surface area contributed by atoms with Crippen LogP contribution in [0.4, 0.5) is 0 Å². The maximum absolute atomic E-state index is 5.31. The normalized spacial score (nSPS) is 25.1. The summed E-state index contributed by atoms with van der Waals surface area (Å²) in [5.41, 5.74) is 0. The van der Waals surface area contributed by atoms with Crippen molar-refractivity contribution >= 4 is 0 Å². The van der Waals surface area contributed by atoms with Crippen LogP contribution in [0.3, 0.4) is 0 Å². The van der Waals surface area contributed by atoms with Crippen LogP contribution in [-0.4, -0.2) is 50.8 Å². The number of rotatable bonds is 7. The molecule has 2 aliphatic rings. The summed E-state index contributed by atoms with van der Waals surface area (Å²) in [5.74, 6) is 1.78. The van der Waals surface area contributed by atoms with Crippen LogP contribution in [0.5, 0.6) is 0 Å². The number of nitrogens with one attached hydrogen (secondary N) is 1. The highest BCUT2D eigenvalue weighted by molar-refractivity contribution is 4.87. The standard InChI is InChI=1S/C14H28N2O/c1-3-16-8-6-12(7-9-16)10-15-14(11-17-2)13-4-5-13/h12-15H,3-11H2,1-2H3. The Morgan fingerprint density at radius 1 is 1.24 bits per heavy atom. The number of hydrogen-bond donors (Lipinski definition) is 1. The van der Waals surface area contributed by atoms with E-state index >= 15 is 0 Å². The molecule has 0 bridgehead atoms. The molecule has 17 heavy (non-hydrogen) atoms. The first-order chi connectivity index (χ1) is 8.33. The van der Waals surface area contributed by atoms with Gasteiger partial charge in [-0.15, -0.1) is 0 Å². The molecule has 1 saturated carbocycles. The summed E-state index contributed by atoms with van der Waals surface area (Å²) >= 11 is 0. The average Bonchev–Trinajstić information content (AvgIpc) is 3.19. The van der Waals surface area contributed by atoms with Gasteiger partial charge in [0, 0.05) is 13.2 Å². The lowest BCUT2D eigenvalue weighted by atomic mass is 9.96. The zero-order chi connectivity index (χ0) is 12.1. The van der Waals surface area contributed by atoms with Crippen LogP contribution in [0.25, 0.3) is 0 Å². The topological polar surface area (TPSA) is 24.5 Å². The summed E-state index contributed by atoms with van der Waals surface area (Å²) in [6.07, 6.45) is 5.53. The van der Waals surface area contributed by atoms with Gasteiger partial charge in [0.25, 0.3) is 0 Å². The van der Waals surface area contributed by atoms with Crippen LogP contribution >= 0.6 is 0 Å². The summed E-state index contributed by atoms with van der Waals surface area (Å²) in [6, 6.07) is 0.615. The van der Waals surface area contributed by atoms with Crippen LogP contribution in [0.15, 0.2) is 0 Å². The van der Waals surface area contributed by atoms with Crippen LogP contribution < -0.4 is 5.32 Å². The minimum atomic E-state index is 0.615. The maximum Gasteiger partial charge on any atom is 0.0618 e. The Morgan fingerprint density at radius 3 is 2.47 bits per heavy atom. The Morgan fingerprint density at radius 2 is 1.94 bits per heavy atom. The van der Waals surface area contributed by atoms with E-state index in [0.717, 1.165) is 18.4 Å². The van der Waals surface area contributed by atoms with Gasteiger partial charge >= 0.3 is 0 Å². The monoisotopic (exact) mass is 240 g/mol. The molecule has 1 unspecified atom stereocenters. The first kappa shape index (κ1) is 13.3. The van der Waals surface area contributed by atoms with Crippen molar-refractivity contribution < 1.29 is 4.74 Å². The molecule has 100 valence electrons. The van der Waals surface area contributed by atoms with E-state index in [2.05, 4.69) is 17.1 Å². The number of methoxy groups -OCH3 is 1. The fraction of sp³-hybridized carbons (Fsp3) is 1.00. The number of ether oxygens (including phenoxy) is 1. The molecule has 2 fully saturated rings. The number of likely N-dealkylation sites (tertiary alicyclic amines) is 1. The largest absolute Gasteiger partial charge is 0.383 e. The van der Waals surface area contributed by atoms with Crippen LogP contribution in [0.1, 0.15) is 32.6 Å². The SMILES string of the molecule is CCN1CCC(CNC(COC)C2CC2)CC1. The molecule has 2 rings (SSSR count). The van der Waals surface area contributed by atoms with Gasteiger partial charge in [-0.05, 0) is 63.7 Å². The van der Waals surface area contributed by atoms with Gasteiger partial charge in [0.2, 0.25) is 0 Å². The van der Waals surface area contributed by atoms with E-state index < -0.39 is 0 Å². The summed E-state index contributed by atoms with van der Waals surface area (Å²) in [7, 11) is 1.82. The fourth-order valence-electron chi connectivity index (χ4n) is 2.86. The predicted molar refractivity (Wildman–Crippen MR) is 71.2 cm³/mol. The fourth-order valence-corrected chi connectivity index (χ4v) is 2.86. The van der Waals surface area contributed by atoms with E-state index in [0.29, 0.717) is 6.04 Å². The van der Waals surface area contributed by atoms with Crippen molar-refractivity contribution in [2.75, 3.05) is 39.9 Å². The first-order valence-corrected chi connectivity index (χ1v) is 7.28. The smallest absolute Gasteiger partial charge is 0.0618 e. The Kier molecular flexibility index (Phi) is 5.26. The number of piperidine rings is 1. The molecule has 0 aromatic rings. The summed E-state index contributed by atoms with van der Waals surface area (Å²) < 4.78 is 5.31. The second-order valence-corrected chi connectivity index (χ2v) is 5.69. The lowest BCUT2D eigenvalue weighted by Gasteiger charge is -2.32. The van der Waals surface area contributed by atoms with Crippen molar-refractivity contribution in [3.63, 3.8) is 0 Å². The zero-order valence-electron chi connectivity index (χ0n) is 11.5. The van der Waals surface area contributed by atoms with Crippen molar-refractivity contribution in [2.45, 2.75) is 38.6 Å². The lowest BCUT2D eigenvalue weighted by Crippen LogP contribution is -2.42. The summed E-state index contributed by atoms with van der Waals surface area (Å²) in [4.78, 5) is 2.56. The van der Waals surface area contributed by atoms with E-state index in [1.54, 1.807) is 0 Å². The highest BCUT2D eigenvalue weighted by Crippen LogP contribution is 2.33. The van der Waals surface area contributed by atoms with Crippen molar-refractivity contribution in [3.8, 4) is 0 Å². The molecule has 1 saturated heterocycles. The van der Waals surface area contributed by atoms with Crippen molar-refractivity contribution in [3.05, 3.63) is 0 Å². The van der Waals surface area contributed by atoms with Crippen LogP contribution in [-0.2, 0) is 4.74 Å². The number of nitrogens with zero attached hydrogens (tertiary/aromatic N) is 1. The molecule has 0 radical (unpaired) electrons. The minimum absolute atomic E-state index is 0.615. The van der Waals surface area contributed by atoms with Gasteiger partial charge in [-0.2, -0.15) is 0 Å². The van der Waals surface area contributed by atoms with Gasteiger partial charge in [0.15, 0.2) is 0 Å². The minimum Gasteiger partial charge on any atom is -0.383 e. The van der Waals surface area contributed by atoms with E-state index in [1.807, 2.05) is 7.11 Å². The van der Waals surface area contributed by atoms with Crippen LogP contribution in [0.2, 0.25) is 0 Å². The molecular weight excluding hydrogens is 212 g/mol. The van der Waals surface area contributed by atoms with E-state index in [-0.39, 0.29) is 0 Å². The Balaban J connectivity index is 1.63. The number of hydrogen-bond acceptors (Lipinski definition) is 3. The highest BCUT2D eigenvalue weighted by atomic mass is 16.5. The van der Waals surface area contributed by atoms with Gasteiger partial charge in [0.05, 0.1) is 6.61 Å². The average molecular weight is 240 g/mol. The molecule has 0 aromatic heterocycles. The van der Waals surface area contributed by atoms with Gasteiger partial charge < -0.3 is 15.0 Å². The van der Waals surface area contributed by atoms with Crippen molar-refractivity contribution in [1.82, 2.24) is 10.2 Å². The third-order valence-corrected chi connectivity index (χ3v) is 4.36. The van der Waals surface area contributed by atoms with E-state index in [9.17, 15) is 0 Å². The van der Waals surface area contributed by atoms with Gasteiger partial charge in [0.1, 0.15) is 0 Å². The lowest BCUT2D eigenvalue weighted by molar-refractivity contribution is 0.145. The van der Waals surface area contributed by atoms with Gasteiger partial charge in [-0.25, -0.2) is 0 Å². The molecule has 1 aliphatic carbocycles. The third-order valence-electron chi connectivity index (χ3n) is 4.36. The zero-order valence-corrected chi connectivity index (χ0v) is 11.5. The van der Waals surface area contributed by atoms with Gasteiger partial charge in [-0.3, -0.25) is 0 Å². The molecule has 1 N–H and O–H groups in total. The predicted octanol–water partition coefficient (Wildman–Crippen LogP) is 1.73.